The van der Waals surface area contributed by atoms with Gasteiger partial charge in [0.05, 0.1) is 5.92 Å². The normalized spacial score (nSPS) is 12.9. The Morgan fingerprint density at radius 2 is 1.74 bits per heavy atom. The van der Waals surface area contributed by atoms with Gasteiger partial charge in [-0.3, -0.25) is 9.59 Å². The SMILES string of the molecule is NC(=O)CCC(C(N)=O)c1ccc(C(N)=NO)cc1. The predicted octanol–water partition coefficient (Wildman–Crippen LogP) is -0.384. The summed E-state index contributed by atoms with van der Waals surface area (Å²) < 4.78 is 0. The lowest BCUT2D eigenvalue weighted by Gasteiger charge is -2.13. The smallest absolute Gasteiger partial charge is 0.224 e. The zero-order chi connectivity index (χ0) is 14.4. The van der Waals surface area contributed by atoms with E-state index < -0.39 is 17.7 Å². The monoisotopic (exact) mass is 264 g/mol. The summed E-state index contributed by atoms with van der Waals surface area (Å²) >= 11 is 0. The standard InChI is InChI=1S/C12H16N4O3/c13-10(17)6-5-9(12(15)18)7-1-3-8(4-2-7)11(14)16-19/h1-4,9,19H,5-6H2,(H2,13,17)(H2,14,16)(H2,15,18). The summed E-state index contributed by atoms with van der Waals surface area (Å²) in [5, 5.41) is 11.4. The van der Waals surface area contributed by atoms with Crippen LogP contribution < -0.4 is 17.2 Å². The highest BCUT2D eigenvalue weighted by molar-refractivity contribution is 5.97. The molecule has 19 heavy (non-hydrogen) atoms. The average Bonchev–Trinajstić information content (AvgIpc) is 2.38. The number of carbonyl (C=O) groups is 2. The molecule has 0 heterocycles. The van der Waals surface area contributed by atoms with Crippen molar-refractivity contribution in [1.29, 1.82) is 0 Å². The molecule has 0 aliphatic rings. The first kappa shape index (κ1) is 14.5. The van der Waals surface area contributed by atoms with Crippen molar-refractivity contribution in [2.45, 2.75) is 18.8 Å². The van der Waals surface area contributed by atoms with Crippen molar-refractivity contribution < 1.29 is 14.8 Å². The van der Waals surface area contributed by atoms with Crippen LogP contribution in [0, 0.1) is 0 Å². The van der Waals surface area contributed by atoms with Crippen LogP contribution in [0.3, 0.4) is 0 Å². The number of amides is 2. The van der Waals surface area contributed by atoms with E-state index in [1.54, 1.807) is 24.3 Å². The van der Waals surface area contributed by atoms with Crippen molar-refractivity contribution >= 4 is 17.6 Å². The summed E-state index contributed by atoms with van der Waals surface area (Å²) in [6.07, 6.45) is 0.336. The van der Waals surface area contributed by atoms with Crippen LogP contribution in [-0.2, 0) is 9.59 Å². The number of nitrogens with zero attached hydrogens (tertiary/aromatic N) is 1. The first-order chi connectivity index (χ1) is 8.95. The van der Waals surface area contributed by atoms with E-state index in [1.165, 1.54) is 0 Å². The molecule has 0 radical (unpaired) electrons. The molecule has 7 heteroatoms. The number of primary amides is 2. The van der Waals surface area contributed by atoms with Crippen molar-refractivity contribution in [2.75, 3.05) is 0 Å². The van der Waals surface area contributed by atoms with Gasteiger partial charge in [-0.15, -0.1) is 0 Å². The van der Waals surface area contributed by atoms with Crippen molar-refractivity contribution in [3.05, 3.63) is 35.4 Å². The molecule has 2 amide bonds. The van der Waals surface area contributed by atoms with Gasteiger partial charge in [-0.25, -0.2) is 0 Å². The van der Waals surface area contributed by atoms with Gasteiger partial charge in [-0.2, -0.15) is 0 Å². The minimum atomic E-state index is -0.589. The van der Waals surface area contributed by atoms with Crippen molar-refractivity contribution in [2.24, 2.45) is 22.4 Å². The highest BCUT2D eigenvalue weighted by Crippen LogP contribution is 2.21. The van der Waals surface area contributed by atoms with E-state index in [2.05, 4.69) is 5.16 Å². The fourth-order valence-electron chi connectivity index (χ4n) is 1.70. The Balaban J connectivity index is 2.91. The third-order valence-corrected chi connectivity index (χ3v) is 2.74. The maximum Gasteiger partial charge on any atom is 0.224 e. The summed E-state index contributed by atoms with van der Waals surface area (Å²) in [5.41, 5.74) is 16.9. The molecule has 0 saturated carbocycles. The summed E-state index contributed by atoms with van der Waals surface area (Å²) in [6.45, 7) is 0. The second-order valence-corrected chi connectivity index (χ2v) is 4.07. The van der Waals surface area contributed by atoms with Crippen molar-refractivity contribution in [3.8, 4) is 0 Å². The maximum atomic E-state index is 11.4. The summed E-state index contributed by atoms with van der Waals surface area (Å²) in [6, 6.07) is 6.49. The molecule has 7 nitrogen and oxygen atoms in total. The molecule has 102 valence electrons. The fraction of sp³-hybridized carbons (Fsp3) is 0.250. The van der Waals surface area contributed by atoms with E-state index in [4.69, 9.17) is 22.4 Å². The Morgan fingerprint density at radius 1 is 1.16 bits per heavy atom. The Labute approximate surface area is 110 Å². The van der Waals surface area contributed by atoms with E-state index in [9.17, 15) is 9.59 Å². The molecule has 0 aliphatic heterocycles. The largest absolute Gasteiger partial charge is 0.409 e. The molecule has 1 atom stereocenters. The molecule has 7 N–H and O–H groups in total. The van der Waals surface area contributed by atoms with Gasteiger partial charge >= 0.3 is 0 Å². The highest BCUT2D eigenvalue weighted by atomic mass is 16.4. The molecule has 1 rings (SSSR count). The fourth-order valence-corrected chi connectivity index (χ4v) is 1.70. The molecule has 1 aromatic rings. The highest BCUT2D eigenvalue weighted by Gasteiger charge is 2.18. The summed E-state index contributed by atoms with van der Waals surface area (Å²) in [5.74, 6) is -1.63. The lowest BCUT2D eigenvalue weighted by Crippen LogP contribution is -2.23. The lowest BCUT2D eigenvalue weighted by atomic mass is 9.92. The van der Waals surface area contributed by atoms with Gasteiger partial charge in [-0.05, 0) is 12.0 Å². The van der Waals surface area contributed by atoms with Crippen LogP contribution >= 0.6 is 0 Å². The molecular weight excluding hydrogens is 248 g/mol. The molecule has 0 aromatic heterocycles. The minimum Gasteiger partial charge on any atom is -0.409 e. The Morgan fingerprint density at radius 3 is 2.16 bits per heavy atom. The number of rotatable bonds is 6. The number of hydrogen-bond donors (Lipinski definition) is 4. The van der Waals surface area contributed by atoms with E-state index >= 15 is 0 Å². The zero-order valence-corrected chi connectivity index (χ0v) is 10.2. The number of oxime groups is 1. The van der Waals surface area contributed by atoms with E-state index in [1.807, 2.05) is 0 Å². The van der Waals surface area contributed by atoms with Gasteiger partial charge < -0.3 is 22.4 Å². The van der Waals surface area contributed by atoms with Gasteiger partial charge in [0.15, 0.2) is 5.84 Å². The number of hydrogen-bond acceptors (Lipinski definition) is 4. The van der Waals surface area contributed by atoms with E-state index in [0.717, 1.165) is 0 Å². The summed E-state index contributed by atoms with van der Waals surface area (Å²) in [4.78, 5) is 22.1. The number of carbonyl (C=O) groups excluding carboxylic acids is 2. The van der Waals surface area contributed by atoms with Crippen molar-refractivity contribution in [3.63, 3.8) is 0 Å². The van der Waals surface area contributed by atoms with E-state index in [0.29, 0.717) is 11.1 Å². The molecule has 0 bridgehead atoms. The number of amidine groups is 1. The van der Waals surface area contributed by atoms with E-state index in [-0.39, 0.29) is 18.7 Å². The Bertz CT molecular complexity index is 496. The van der Waals surface area contributed by atoms with Crippen LogP contribution in [0.15, 0.2) is 29.4 Å². The summed E-state index contributed by atoms with van der Waals surface area (Å²) in [7, 11) is 0. The maximum absolute atomic E-state index is 11.4. The topological polar surface area (TPSA) is 145 Å². The van der Waals surface area contributed by atoms with Gasteiger partial charge in [0.1, 0.15) is 0 Å². The number of nitrogens with two attached hydrogens (primary N) is 3. The van der Waals surface area contributed by atoms with Gasteiger partial charge in [0, 0.05) is 12.0 Å². The second kappa shape index (κ2) is 6.39. The van der Waals surface area contributed by atoms with Crippen molar-refractivity contribution in [1.82, 2.24) is 0 Å². The lowest BCUT2D eigenvalue weighted by molar-refractivity contribution is -0.120. The van der Waals surface area contributed by atoms with Crippen LogP contribution in [-0.4, -0.2) is 22.9 Å². The van der Waals surface area contributed by atoms with Crippen LogP contribution in [0.2, 0.25) is 0 Å². The van der Waals surface area contributed by atoms with Gasteiger partial charge in [0.2, 0.25) is 11.8 Å². The molecule has 0 spiro atoms. The third-order valence-electron chi connectivity index (χ3n) is 2.74. The van der Waals surface area contributed by atoms with Crippen LogP contribution in [0.4, 0.5) is 0 Å². The first-order valence-corrected chi connectivity index (χ1v) is 5.61. The van der Waals surface area contributed by atoms with Crippen LogP contribution in [0.1, 0.15) is 29.9 Å². The third kappa shape index (κ3) is 3.98. The molecule has 0 aliphatic carbocycles. The number of benzene rings is 1. The molecular formula is C12H16N4O3. The molecule has 1 unspecified atom stereocenters. The molecule has 0 saturated heterocycles. The predicted molar refractivity (Wildman–Crippen MR) is 69.3 cm³/mol. The Kier molecular flexibility index (Phi) is 4.87. The van der Waals surface area contributed by atoms with Gasteiger partial charge in [0.25, 0.3) is 0 Å². The average molecular weight is 264 g/mol. The quantitative estimate of drug-likeness (QED) is 0.240. The second-order valence-electron chi connectivity index (χ2n) is 4.07. The molecule has 1 aromatic carbocycles. The van der Waals surface area contributed by atoms with Crippen LogP contribution in [0.25, 0.3) is 0 Å². The van der Waals surface area contributed by atoms with Crippen LogP contribution in [0.5, 0.6) is 0 Å². The first-order valence-electron chi connectivity index (χ1n) is 5.61. The van der Waals surface area contributed by atoms with Gasteiger partial charge in [-0.1, -0.05) is 29.4 Å². The Hall–Kier alpha value is -2.57. The molecule has 0 fully saturated rings. The minimum absolute atomic E-state index is 0.0284. The zero-order valence-electron chi connectivity index (χ0n) is 10.2.